The van der Waals surface area contributed by atoms with E-state index < -0.39 is 0 Å². The van der Waals surface area contributed by atoms with Crippen LogP contribution in [0.5, 0.6) is 0 Å². The molecule has 0 N–H and O–H groups in total. The Morgan fingerprint density at radius 3 is 2.28 bits per heavy atom. The van der Waals surface area contributed by atoms with Gasteiger partial charge in [-0.1, -0.05) is 45.0 Å². The third-order valence-electron chi connectivity index (χ3n) is 6.33. The summed E-state index contributed by atoms with van der Waals surface area (Å²) in [7, 11) is 0. The molecule has 160 valence electrons. The Labute approximate surface area is 175 Å². The summed E-state index contributed by atoms with van der Waals surface area (Å²) in [5.41, 5.74) is 2.80. The smallest absolute Gasteiger partial charge is 0.309 e. The van der Waals surface area contributed by atoms with Gasteiger partial charge in [-0.05, 0) is 55.7 Å². The number of nitrogens with zero attached hydrogens (tertiary/aromatic N) is 2. The molecule has 2 aliphatic heterocycles. The van der Waals surface area contributed by atoms with Gasteiger partial charge in [0.25, 0.3) is 0 Å². The summed E-state index contributed by atoms with van der Waals surface area (Å²) < 4.78 is 5.13. The number of rotatable bonds is 5. The lowest BCUT2D eigenvalue weighted by atomic mass is 9.86. The first kappa shape index (κ1) is 21.8. The van der Waals surface area contributed by atoms with Crippen molar-refractivity contribution >= 4 is 11.9 Å². The monoisotopic (exact) mass is 400 g/mol. The summed E-state index contributed by atoms with van der Waals surface area (Å²) >= 11 is 0. The van der Waals surface area contributed by atoms with Crippen molar-refractivity contribution < 1.29 is 14.3 Å². The van der Waals surface area contributed by atoms with Gasteiger partial charge >= 0.3 is 5.97 Å². The van der Waals surface area contributed by atoms with Gasteiger partial charge in [-0.2, -0.15) is 0 Å². The van der Waals surface area contributed by atoms with Crippen molar-refractivity contribution in [1.29, 1.82) is 0 Å². The second-order valence-electron chi connectivity index (χ2n) is 9.41. The molecule has 3 rings (SSSR count). The van der Waals surface area contributed by atoms with Crippen molar-refractivity contribution in [2.75, 3.05) is 32.8 Å². The zero-order valence-corrected chi connectivity index (χ0v) is 18.4. The van der Waals surface area contributed by atoms with Crippen LogP contribution in [0.15, 0.2) is 24.3 Å². The highest BCUT2D eigenvalue weighted by Gasteiger charge is 2.32. The van der Waals surface area contributed by atoms with Gasteiger partial charge in [-0.3, -0.25) is 14.5 Å². The number of hydrogen-bond donors (Lipinski definition) is 0. The first-order chi connectivity index (χ1) is 13.8. The van der Waals surface area contributed by atoms with Gasteiger partial charge in [-0.25, -0.2) is 0 Å². The fourth-order valence-corrected chi connectivity index (χ4v) is 4.50. The highest BCUT2D eigenvalue weighted by Crippen LogP contribution is 2.33. The molecule has 0 aliphatic carbocycles. The molecule has 29 heavy (non-hydrogen) atoms. The van der Waals surface area contributed by atoms with E-state index in [4.69, 9.17) is 4.74 Å². The van der Waals surface area contributed by atoms with Gasteiger partial charge in [0.2, 0.25) is 5.91 Å². The highest BCUT2D eigenvalue weighted by molar-refractivity contribution is 5.79. The number of piperidine rings is 1. The van der Waals surface area contributed by atoms with E-state index in [0.717, 1.165) is 19.4 Å². The van der Waals surface area contributed by atoms with E-state index in [9.17, 15) is 9.59 Å². The Balaban J connectivity index is 1.56. The molecule has 2 fully saturated rings. The molecule has 1 unspecified atom stereocenters. The molecular weight excluding hydrogens is 364 g/mol. The highest BCUT2D eigenvalue weighted by atomic mass is 16.5. The quantitative estimate of drug-likeness (QED) is 0.703. The van der Waals surface area contributed by atoms with Crippen molar-refractivity contribution in [3.05, 3.63) is 35.4 Å². The number of ether oxygens (including phenoxy) is 1. The maximum absolute atomic E-state index is 12.9. The number of carbonyl (C=O) groups excluding carboxylic acids is 2. The fourth-order valence-electron chi connectivity index (χ4n) is 4.50. The minimum Gasteiger partial charge on any atom is -0.466 e. The van der Waals surface area contributed by atoms with E-state index in [0.29, 0.717) is 45.1 Å². The van der Waals surface area contributed by atoms with E-state index in [1.165, 1.54) is 11.1 Å². The van der Waals surface area contributed by atoms with Gasteiger partial charge in [-0.15, -0.1) is 0 Å². The lowest BCUT2D eigenvalue weighted by Gasteiger charge is -2.33. The number of carbonyl (C=O) groups is 2. The van der Waals surface area contributed by atoms with Crippen molar-refractivity contribution in [3.63, 3.8) is 0 Å². The van der Waals surface area contributed by atoms with Gasteiger partial charge in [0.15, 0.2) is 0 Å². The van der Waals surface area contributed by atoms with Crippen molar-refractivity contribution in [2.24, 2.45) is 5.92 Å². The average molecular weight is 401 g/mol. The molecule has 0 aromatic heterocycles. The Kier molecular flexibility index (Phi) is 6.99. The molecule has 2 heterocycles. The Hall–Kier alpha value is -1.88. The molecule has 0 radical (unpaired) electrons. The molecule has 0 spiro atoms. The van der Waals surface area contributed by atoms with E-state index in [2.05, 4.69) is 49.9 Å². The van der Waals surface area contributed by atoms with Crippen LogP contribution in [0.4, 0.5) is 0 Å². The standard InChI is InChI=1S/C24H36N2O3/c1-5-29-23(28)19-12-15-25(16-13-19)22(27)17-26-14-6-7-21(26)18-8-10-20(11-9-18)24(2,3)4/h8-11,19,21H,5-7,12-17H2,1-4H3. The summed E-state index contributed by atoms with van der Waals surface area (Å²) in [5.74, 6) is 0.0169. The lowest BCUT2D eigenvalue weighted by Crippen LogP contribution is -2.45. The molecule has 0 bridgehead atoms. The maximum Gasteiger partial charge on any atom is 0.309 e. The van der Waals surface area contributed by atoms with Crippen molar-refractivity contribution in [2.45, 2.75) is 64.8 Å². The fraction of sp³-hybridized carbons (Fsp3) is 0.667. The van der Waals surface area contributed by atoms with Crippen LogP contribution in [0.1, 0.15) is 70.5 Å². The first-order valence-electron chi connectivity index (χ1n) is 11.1. The number of hydrogen-bond acceptors (Lipinski definition) is 4. The van der Waals surface area contributed by atoms with E-state index >= 15 is 0 Å². The zero-order chi connectivity index (χ0) is 21.0. The summed E-state index contributed by atoms with van der Waals surface area (Å²) in [6, 6.07) is 9.25. The molecule has 5 heteroatoms. The number of amides is 1. The molecule has 1 aromatic carbocycles. The number of likely N-dealkylation sites (tertiary alicyclic amines) is 2. The molecule has 2 saturated heterocycles. The molecule has 2 aliphatic rings. The molecule has 1 atom stereocenters. The summed E-state index contributed by atoms with van der Waals surface area (Å²) in [6.45, 7) is 11.7. The normalized spacial score (nSPS) is 21.4. The van der Waals surface area contributed by atoms with Crippen LogP contribution in [0, 0.1) is 5.92 Å². The van der Waals surface area contributed by atoms with E-state index in [1.807, 2.05) is 11.8 Å². The summed E-state index contributed by atoms with van der Waals surface area (Å²) in [5, 5.41) is 0. The van der Waals surface area contributed by atoms with Crippen LogP contribution in [-0.4, -0.2) is 54.5 Å². The second-order valence-corrected chi connectivity index (χ2v) is 9.41. The summed E-state index contributed by atoms with van der Waals surface area (Å²) in [4.78, 5) is 29.0. The SMILES string of the molecule is CCOC(=O)C1CCN(C(=O)CN2CCCC2c2ccc(C(C)(C)C)cc2)CC1. The number of benzene rings is 1. The zero-order valence-electron chi connectivity index (χ0n) is 18.4. The van der Waals surface area contributed by atoms with Crippen molar-refractivity contribution in [3.8, 4) is 0 Å². The first-order valence-corrected chi connectivity index (χ1v) is 11.1. The third-order valence-corrected chi connectivity index (χ3v) is 6.33. The minimum atomic E-state index is -0.113. The molecule has 1 aromatic rings. The Morgan fingerprint density at radius 2 is 1.69 bits per heavy atom. The van der Waals surface area contributed by atoms with Crippen LogP contribution in [0.3, 0.4) is 0 Å². The van der Waals surface area contributed by atoms with Crippen LogP contribution in [-0.2, 0) is 19.7 Å². The third kappa shape index (κ3) is 5.39. The second kappa shape index (κ2) is 9.29. The van der Waals surface area contributed by atoms with Gasteiger partial charge in [0.1, 0.15) is 0 Å². The lowest BCUT2D eigenvalue weighted by molar-refractivity contribution is -0.151. The van der Waals surface area contributed by atoms with Crippen LogP contribution in [0.2, 0.25) is 0 Å². The van der Waals surface area contributed by atoms with Gasteiger partial charge in [0.05, 0.1) is 19.1 Å². The van der Waals surface area contributed by atoms with Crippen LogP contribution < -0.4 is 0 Å². The molecular formula is C24H36N2O3. The molecule has 0 saturated carbocycles. The Morgan fingerprint density at radius 1 is 1.03 bits per heavy atom. The predicted molar refractivity (Wildman–Crippen MR) is 115 cm³/mol. The topological polar surface area (TPSA) is 49.9 Å². The average Bonchev–Trinajstić information content (AvgIpc) is 3.16. The van der Waals surface area contributed by atoms with Gasteiger partial charge < -0.3 is 9.64 Å². The van der Waals surface area contributed by atoms with Gasteiger partial charge in [0, 0.05) is 19.1 Å². The molecule has 5 nitrogen and oxygen atoms in total. The summed E-state index contributed by atoms with van der Waals surface area (Å²) in [6.07, 6.45) is 3.65. The van der Waals surface area contributed by atoms with E-state index in [1.54, 1.807) is 0 Å². The maximum atomic E-state index is 12.9. The van der Waals surface area contributed by atoms with Crippen LogP contribution >= 0.6 is 0 Å². The number of esters is 1. The molecule has 1 amide bonds. The van der Waals surface area contributed by atoms with E-state index in [-0.39, 0.29) is 23.2 Å². The van der Waals surface area contributed by atoms with Crippen LogP contribution in [0.25, 0.3) is 0 Å². The van der Waals surface area contributed by atoms with Crippen molar-refractivity contribution in [1.82, 2.24) is 9.80 Å². The Bertz CT molecular complexity index is 700. The predicted octanol–water partition coefficient (Wildman–Crippen LogP) is 3.92. The largest absolute Gasteiger partial charge is 0.466 e. The minimum absolute atomic E-state index is 0.0557.